The van der Waals surface area contributed by atoms with Crippen LogP contribution in [-0.2, 0) is 21.6 Å². The average molecular weight is 492 g/mol. The van der Waals surface area contributed by atoms with Gasteiger partial charge in [0, 0.05) is 40.2 Å². The number of hydrogen-bond donors (Lipinski definition) is 0. The largest absolute Gasteiger partial charge is 0.492 e. The Morgan fingerprint density at radius 2 is 2.00 bits per heavy atom. The molecule has 1 fully saturated rings. The molecule has 0 bridgehead atoms. The molecule has 2 heterocycles. The maximum atomic E-state index is 12.0. The van der Waals surface area contributed by atoms with E-state index >= 15 is 0 Å². The topological polar surface area (TPSA) is 48.0 Å². The van der Waals surface area contributed by atoms with Gasteiger partial charge in [0.15, 0.2) is 0 Å². The molecule has 0 amide bonds. The van der Waals surface area contributed by atoms with Gasteiger partial charge in [-0.25, -0.2) is 0 Å². The number of rotatable bonds is 9. The zero-order chi connectivity index (χ0) is 23.3. The van der Waals surface area contributed by atoms with Gasteiger partial charge >= 0.3 is 5.97 Å². The molecule has 1 saturated heterocycles. The van der Waals surface area contributed by atoms with E-state index in [1.165, 1.54) is 5.56 Å². The van der Waals surface area contributed by atoms with Crippen molar-refractivity contribution in [3.05, 3.63) is 57.6 Å². The van der Waals surface area contributed by atoms with Gasteiger partial charge in [0.1, 0.15) is 18.1 Å². The first-order valence-electron chi connectivity index (χ1n) is 11.7. The van der Waals surface area contributed by atoms with Gasteiger partial charge in [-0.1, -0.05) is 42.6 Å². The molecule has 0 aromatic heterocycles. The van der Waals surface area contributed by atoms with Gasteiger partial charge in [-0.2, -0.15) is 0 Å². The Balaban J connectivity index is 1.35. The van der Waals surface area contributed by atoms with E-state index in [2.05, 4.69) is 17.9 Å². The predicted octanol–water partition coefficient (Wildman–Crippen LogP) is 6.03. The number of nitrogens with zero attached hydrogens (tertiary/aromatic N) is 1. The van der Waals surface area contributed by atoms with E-state index in [0.717, 1.165) is 62.4 Å². The second-order valence-electron chi connectivity index (χ2n) is 9.00. The summed E-state index contributed by atoms with van der Waals surface area (Å²) in [5.74, 6) is 1.54. The molecule has 2 aliphatic rings. The van der Waals surface area contributed by atoms with Crippen molar-refractivity contribution in [3.8, 4) is 11.5 Å². The van der Waals surface area contributed by atoms with Gasteiger partial charge in [-0.05, 0) is 55.6 Å². The Bertz CT molecular complexity index is 963. The van der Waals surface area contributed by atoms with Crippen LogP contribution in [0.15, 0.2) is 36.4 Å². The molecule has 0 N–H and O–H groups in total. The number of benzene rings is 2. The van der Waals surface area contributed by atoms with Crippen LogP contribution in [0.2, 0.25) is 10.0 Å². The Hall–Kier alpha value is -1.95. The lowest BCUT2D eigenvalue weighted by Crippen LogP contribution is -2.47. The van der Waals surface area contributed by atoms with Crippen LogP contribution in [-0.4, -0.2) is 43.7 Å². The normalized spacial score (nSPS) is 19.8. The lowest BCUT2D eigenvalue weighted by Gasteiger charge is -2.39. The quantitative estimate of drug-likeness (QED) is 0.316. The van der Waals surface area contributed by atoms with Crippen molar-refractivity contribution in [2.24, 2.45) is 0 Å². The fourth-order valence-corrected chi connectivity index (χ4v) is 5.28. The molecule has 5 nitrogen and oxygen atoms in total. The number of hydrogen-bond acceptors (Lipinski definition) is 5. The van der Waals surface area contributed by atoms with Gasteiger partial charge in [0.25, 0.3) is 0 Å². The van der Waals surface area contributed by atoms with E-state index in [9.17, 15) is 4.79 Å². The molecule has 0 aliphatic carbocycles. The smallest absolute Gasteiger partial charge is 0.307 e. The highest BCUT2D eigenvalue weighted by Crippen LogP contribution is 2.45. The highest BCUT2D eigenvalue weighted by molar-refractivity contribution is 6.34. The predicted molar refractivity (Wildman–Crippen MR) is 131 cm³/mol. The van der Waals surface area contributed by atoms with Crippen molar-refractivity contribution in [2.75, 3.05) is 32.8 Å². The Morgan fingerprint density at radius 3 is 2.79 bits per heavy atom. The summed E-state index contributed by atoms with van der Waals surface area (Å²) in [6, 6.07) is 11.5. The molecule has 0 radical (unpaired) electrons. The van der Waals surface area contributed by atoms with Crippen molar-refractivity contribution < 1.29 is 19.0 Å². The summed E-state index contributed by atoms with van der Waals surface area (Å²) in [5.41, 5.74) is 2.12. The molecule has 1 atom stereocenters. The summed E-state index contributed by atoms with van der Waals surface area (Å²) in [4.78, 5) is 14.4. The standard InChI is InChI=1S/C26H31Cl2NO4/c1-2-3-11-31-25(30)7-10-29-9-4-8-26(17-29)18-33-24-15-22(5-6-23(24)26)32-16-19-12-20(27)14-21(28)13-19/h5-6,12-15H,2-4,7-11,16-18H2,1H3. The number of carbonyl (C=O) groups excluding carboxylic acids is 1. The maximum absolute atomic E-state index is 12.0. The molecule has 33 heavy (non-hydrogen) atoms. The van der Waals surface area contributed by atoms with Crippen LogP contribution < -0.4 is 9.47 Å². The molecule has 0 saturated carbocycles. The van der Waals surface area contributed by atoms with Crippen molar-refractivity contribution >= 4 is 29.2 Å². The second kappa shape index (κ2) is 11.0. The van der Waals surface area contributed by atoms with Crippen LogP contribution in [0.25, 0.3) is 0 Å². The monoisotopic (exact) mass is 491 g/mol. The van der Waals surface area contributed by atoms with Crippen molar-refractivity contribution in [1.82, 2.24) is 4.90 Å². The number of piperidine rings is 1. The molecule has 4 rings (SSSR count). The lowest BCUT2D eigenvalue weighted by molar-refractivity contribution is -0.144. The fourth-order valence-electron chi connectivity index (χ4n) is 4.71. The van der Waals surface area contributed by atoms with Gasteiger partial charge in [0.2, 0.25) is 0 Å². The zero-order valence-corrected chi connectivity index (χ0v) is 20.6. The molecule has 7 heteroatoms. The number of ether oxygens (including phenoxy) is 3. The Labute approximate surface area is 205 Å². The highest BCUT2D eigenvalue weighted by Gasteiger charge is 2.43. The second-order valence-corrected chi connectivity index (χ2v) is 9.87. The molecule has 178 valence electrons. The number of carbonyl (C=O) groups is 1. The molecule has 1 unspecified atom stereocenters. The minimum atomic E-state index is -0.103. The average Bonchev–Trinajstić information content (AvgIpc) is 3.13. The van der Waals surface area contributed by atoms with E-state index in [4.69, 9.17) is 37.4 Å². The van der Waals surface area contributed by atoms with Crippen LogP contribution >= 0.6 is 23.2 Å². The number of unbranched alkanes of at least 4 members (excludes halogenated alkanes) is 1. The summed E-state index contributed by atoms with van der Waals surface area (Å²) in [7, 11) is 0. The minimum Gasteiger partial charge on any atom is -0.492 e. The third-order valence-corrected chi connectivity index (χ3v) is 6.84. The highest BCUT2D eigenvalue weighted by atomic mass is 35.5. The van der Waals surface area contributed by atoms with Crippen LogP contribution in [0.1, 0.15) is 50.2 Å². The maximum Gasteiger partial charge on any atom is 0.307 e. The van der Waals surface area contributed by atoms with Crippen LogP contribution in [0.5, 0.6) is 11.5 Å². The summed E-state index contributed by atoms with van der Waals surface area (Å²) in [6.45, 7) is 6.28. The molecule has 1 spiro atoms. The van der Waals surface area contributed by atoms with Crippen molar-refractivity contribution in [2.45, 2.75) is 51.0 Å². The first kappa shape index (κ1) is 24.2. The van der Waals surface area contributed by atoms with Gasteiger partial charge < -0.3 is 19.1 Å². The van der Waals surface area contributed by atoms with Crippen molar-refractivity contribution in [3.63, 3.8) is 0 Å². The molecule has 2 aromatic rings. The number of likely N-dealkylation sites (tertiary alicyclic amines) is 1. The summed E-state index contributed by atoms with van der Waals surface area (Å²) in [5, 5.41) is 1.19. The van der Waals surface area contributed by atoms with E-state index in [0.29, 0.717) is 36.3 Å². The van der Waals surface area contributed by atoms with Crippen LogP contribution in [0.3, 0.4) is 0 Å². The first-order valence-corrected chi connectivity index (χ1v) is 12.5. The summed E-state index contributed by atoms with van der Waals surface area (Å²) < 4.78 is 17.4. The third-order valence-electron chi connectivity index (χ3n) is 6.41. The van der Waals surface area contributed by atoms with Gasteiger partial charge in [-0.15, -0.1) is 0 Å². The summed E-state index contributed by atoms with van der Waals surface area (Å²) in [6.07, 6.45) is 4.56. The zero-order valence-electron chi connectivity index (χ0n) is 19.1. The van der Waals surface area contributed by atoms with Crippen LogP contribution in [0, 0.1) is 0 Å². The third kappa shape index (κ3) is 6.14. The minimum absolute atomic E-state index is 0.0291. The van der Waals surface area contributed by atoms with E-state index in [1.807, 2.05) is 24.3 Å². The van der Waals surface area contributed by atoms with E-state index < -0.39 is 0 Å². The first-order chi connectivity index (χ1) is 16.0. The van der Waals surface area contributed by atoms with Crippen LogP contribution in [0.4, 0.5) is 0 Å². The fraction of sp³-hybridized carbons (Fsp3) is 0.500. The lowest BCUT2D eigenvalue weighted by atomic mass is 9.75. The van der Waals surface area contributed by atoms with Crippen molar-refractivity contribution in [1.29, 1.82) is 0 Å². The van der Waals surface area contributed by atoms with Gasteiger partial charge in [0.05, 0.1) is 19.6 Å². The van der Waals surface area contributed by atoms with Gasteiger partial charge in [-0.3, -0.25) is 4.79 Å². The number of fused-ring (bicyclic) bond motifs is 2. The van der Waals surface area contributed by atoms with E-state index in [-0.39, 0.29) is 11.4 Å². The molecular weight excluding hydrogens is 461 g/mol. The SMILES string of the molecule is CCCCOC(=O)CCN1CCCC2(COc3cc(OCc4cc(Cl)cc(Cl)c4)ccc32)C1. The molecule has 2 aliphatic heterocycles. The molecular formula is C26H31Cl2NO4. The Kier molecular flexibility index (Phi) is 8.05. The summed E-state index contributed by atoms with van der Waals surface area (Å²) >= 11 is 12.2. The van der Waals surface area contributed by atoms with E-state index in [1.54, 1.807) is 6.07 Å². The number of esters is 1. The number of halogens is 2. The molecule has 2 aromatic carbocycles. The Morgan fingerprint density at radius 1 is 1.18 bits per heavy atom.